The molecule has 1 aromatic heterocycles. The first-order valence-corrected chi connectivity index (χ1v) is 7.60. The fourth-order valence-corrected chi connectivity index (χ4v) is 4.12. The molecule has 3 fully saturated rings. The van der Waals surface area contributed by atoms with Crippen molar-refractivity contribution in [3.63, 3.8) is 0 Å². The summed E-state index contributed by atoms with van der Waals surface area (Å²) < 4.78 is 0. The standard InChI is InChI=1S/C17H22N2/c1-11(19-17-9-12-7-13(17)8-12)6-14-10-18-16-5-3-2-4-15(14)16/h2-5,10-13,17-19H,6-9H2,1H3/t11-,12?,13?,17+/m1/s1. The van der Waals surface area contributed by atoms with Gasteiger partial charge in [0.15, 0.2) is 0 Å². The number of hydrogen-bond donors (Lipinski definition) is 2. The Morgan fingerprint density at radius 3 is 2.89 bits per heavy atom. The minimum atomic E-state index is 0.573. The van der Waals surface area contributed by atoms with E-state index in [2.05, 4.69) is 47.7 Å². The maximum atomic E-state index is 3.86. The molecule has 3 aliphatic carbocycles. The highest BCUT2D eigenvalue weighted by atomic mass is 15.0. The third-order valence-corrected chi connectivity index (χ3v) is 5.13. The molecule has 2 N–H and O–H groups in total. The minimum Gasteiger partial charge on any atom is -0.361 e. The van der Waals surface area contributed by atoms with Gasteiger partial charge in [-0.05, 0) is 56.1 Å². The van der Waals surface area contributed by atoms with Gasteiger partial charge in [-0.25, -0.2) is 0 Å². The number of nitrogens with one attached hydrogen (secondary N) is 2. The molecule has 1 aromatic carbocycles. The molecule has 0 unspecified atom stereocenters. The molecule has 0 spiro atoms. The number of hydrogen-bond acceptors (Lipinski definition) is 1. The Hall–Kier alpha value is -1.28. The molecule has 1 heterocycles. The van der Waals surface area contributed by atoms with E-state index < -0.39 is 0 Å². The quantitative estimate of drug-likeness (QED) is 0.859. The molecule has 2 heteroatoms. The van der Waals surface area contributed by atoms with Crippen LogP contribution in [0.1, 0.15) is 31.7 Å². The van der Waals surface area contributed by atoms with Crippen molar-refractivity contribution in [1.82, 2.24) is 10.3 Å². The Bertz CT molecular complexity index is 580. The Morgan fingerprint density at radius 1 is 1.26 bits per heavy atom. The van der Waals surface area contributed by atoms with Crippen LogP contribution in [-0.2, 0) is 6.42 Å². The van der Waals surface area contributed by atoms with E-state index in [4.69, 9.17) is 0 Å². The number of benzene rings is 1. The molecular formula is C17H22N2. The van der Waals surface area contributed by atoms with Crippen molar-refractivity contribution in [2.75, 3.05) is 0 Å². The lowest BCUT2D eigenvalue weighted by Gasteiger charge is -2.26. The number of para-hydroxylation sites is 1. The molecule has 0 aliphatic heterocycles. The smallest absolute Gasteiger partial charge is 0.0456 e. The third kappa shape index (κ3) is 1.99. The van der Waals surface area contributed by atoms with Gasteiger partial charge in [-0.15, -0.1) is 0 Å². The van der Waals surface area contributed by atoms with E-state index in [1.165, 1.54) is 35.7 Å². The second-order valence-corrected chi connectivity index (χ2v) is 6.57. The van der Waals surface area contributed by atoms with Gasteiger partial charge in [0.25, 0.3) is 0 Å². The first-order chi connectivity index (χ1) is 9.29. The summed E-state index contributed by atoms with van der Waals surface area (Å²) in [4.78, 5) is 3.38. The molecule has 5 rings (SSSR count). The molecule has 3 saturated carbocycles. The Balaban J connectivity index is 1.45. The van der Waals surface area contributed by atoms with Gasteiger partial charge in [-0.1, -0.05) is 18.2 Å². The minimum absolute atomic E-state index is 0.573. The molecular weight excluding hydrogens is 232 g/mol. The largest absolute Gasteiger partial charge is 0.361 e. The van der Waals surface area contributed by atoms with Crippen molar-refractivity contribution >= 4 is 10.9 Å². The lowest BCUT2D eigenvalue weighted by Crippen LogP contribution is -2.39. The average molecular weight is 254 g/mol. The Kier molecular flexibility index (Phi) is 2.66. The summed E-state index contributed by atoms with van der Waals surface area (Å²) in [6.07, 6.45) is 7.69. The molecule has 2 nitrogen and oxygen atoms in total. The molecule has 2 atom stereocenters. The van der Waals surface area contributed by atoms with E-state index in [0.717, 1.165) is 24.3 Å². The summed E-state index contributed by atoms with van der Waals surface area (Å²) in [5, 5.41) is 5.24. The van der Waals surface area contributed by atoms with Crippen molar-refractivity contribution in [3.8, 4) is 0 Å². The van der Waals surface area contributed by atoms with Crippen LogP contribution in [0.15, 0.2) is 30.5 Å². The summed E-state index contributed by atoms with van der Waals surface area (Å²) >= 11 is 0. The van der Waals surface area contributed by atoms with Gasteiger partial charge >= 0.3 is 0 Å². The number of aromatic amines is 1. The number of rotatable bonds is 4. The number of H-pyrrole nitrogens is 1. The van der Waals surface area contributed by atoms with Crippen LogP contribution in [0.5, 0.6) is 0 Å². The van der Waals surface area contributed by atoms with E-state index in [0.29, 0.717) is 6.04 Å². The third-order valence-electron chi connectivity index (χ3n) is 5.13. The van der Waals surface area contributed by atoms with Crippen LogP contribution in [0.4, 0.5) is 0 Å². The van der Waals surface area contributed by atoms with Gasteiger partial charge in [-0.2, -0.15) is 0 Å². The molecule has 2 bridgehead atoms. The summed E-state index contributed by atoms with van der Waals surface area (Å²) in [7, 11) is 0. The van der Waals surface area contributed by atoms with Gasteiger partial charge in [0, 0.05) is 29.2 Å². The zero-order valence-electron chi connectivity index (χ0n) is 11.5. The van der Waals surface area contributed by atoms with E-state index in [1.807, 2.05) is 0 Å². The van der Waals surface area contributed by atoms with Crippen LogP contribution in [0.2, 0.25) is 0 Å². The fourth-order valence-electron chi connectivity index (χ4n) is 4.12. The molecule has 0 radical (unpaired) electrons. The summed E-state index contributed by atoms with van der Waals surface area (Å²) in [6, 6.07) is 9.97. The molecule has 0 saturated heterocycles. The van der Waals surface area contributed by atoms with Crippen LogP contribution < -0.4 is 5.32 Å². The van der Waals surface area contributed by atoms with Crippen molar-refractivity contribution in [2.24, 2.45) is 11.8 Å². The van der Waals surface area contributed by atoms with Gasteiger partial charge in [0.05, 0.1) is 0 Å². The zero-order valence-corrected chi connectivity index (χ0v) is 11.5. The highest BCUT2D eigenvalue weighted by Gasteiger charge is 2.44. The maximum Gasteiger partial charge on any atom is 0.0456 e. The van der Waals surface area contributed by atoms with Crippen molar-refractivity contribution in [1.29, 1.82) is 0 Å². The lowest BCUT2D eigenvalue weighted by atomic mass is 9.84. The van der Waals surface area contributed by atoms with E-state index in [1.54, 1.807) is 0 Å². The normalized spacial score (nSPS) is 30.5. The van der Waals surface area contributed by atoms with Gasteiger partial charge in [-0.3, -0.25) is 0 Å². The van der Waals surface area contributed by atoms with Crippen molar-refractivity contribution in [3.05, 3.63) is 36.0 Å². The summed E-state index contributed by atoms with van der Waals surface area (Å²) in [5.41, 5.74) is 2.70. The second-order valence-electron chi connectivity index (χ2n) is 6.57. The van der Waals surface area contributed by atoms with Crippen LogP contribution >= 0.6 is 0 Å². The van der Waals surface area contributed by atoms with Crippen LogP contribution in [0.3, 0.4) is 0 Å². The molecule has 100 valence electrons. The summed E-state index contributed by atoms with van der Waals surface area (Å²) in [6.45, 7) is 2.33. The molecule has 19 heavy (non-hydrogen) atoms. The van der Waals surface area contributed by atoms with Crippen LogP contribution in [-0.4, -0.2) is 17.1 Å². The Labute approximate surface area is 114 Å². The highest BCUT2D eigenvalue weighted by molar-refractivity contribution is 5.83. The number of fused-ring (bicyclic) bond motifs is 2. The molecule has 3 aliphatic rings. The van der Waals surface area contributed by atoms with Gasteiger partial charge < -0.3 is 10.3 Å². The topological polar surface area (TPSA) is 27.8 Å². The molecule has 2 aromatic rings. The molecule has 0 amide bonds. The van der Waals surface area contributed by atoms with Crippen LogP contribution in [0.25, 0.3) is 10.9 Å². The number of aromatic nitrogens is 1. The van der Waals surface area contributed by atoms with Crippen LogP contribution in [0, 0.1) is 11.8 Å². The second kappa shape index (κ2) is 4.38. The highest BCUT2D eigenvalue weighted by Crippen LogP contribution is 2.48. The van der Waals surface area contributed by atoms with Crippen molar-refractivity contribution < 1.29 is 0 Å². The summed E-state index contributed by atoms with van der Waals surface area (Å²) in [5.74, 6) is 2.03. The predicted molar refractivity (Wildman–Crippen MR) is 79.2 cm³/mol. The van der Waals surface area contributed by atoms with E-state index >= 15 is 0 Å². The van der Waals surface area contributed by atoms with Crippen molar-refractivity contribution in [2.45, 2.75) is 44.7 Å². The fraction of sp³-hybridized carbons (Fsp3) is 0.529. The lowest BCUT2D eigenvalue weighted by molar-refractivity contribution is 0.275. The first kappa shape index (κ1) is 11.5. The maximum absolute atomic E-state index is 3.86. The first-order valence-electron chi connectivity index (χ1n) is 7.60. The van der Waals surface area contributed by atoms with Gasteiger partial charge in [0.1, 0.15) is 0 Å². The van der Waals surface area contributed by atoms with E-state index in [9.17, 15) is 0 Å². The Morgan fingerprint density at radius 2 is 2.11 bits per heavy atom. The van der Waals surface area contributed by atoms with E-state index in [-0.39, 0.29) is 0 Å². The predicted octanol–water partition coefficient (Wildman–Crippen LogP) is 3.49. The monoisotopic (exact) mass is 254 g/mol. The SMILES string of the molecule is C[C@H](Cc1c[nH]c2ccccc12)N[C@H]1CC2CC1C2. The zero-order chi connectivity index (χ0) is 12.8. The van der Waals surface area contributed by atoms with Gasteiger partial charge in [0.2, 0.25) is 0 Å². The average Bonchev–Trinajstić information content (AvgIpc) is 3.02.